The fraction of sp³-hybridized carbons (Fsp3) is 0.500. The van der Waals surface area contributed by atoms with Crippen molar-refractivity contribution in [2.45, 2.75) is 50.9 Å². The van der Waals surface area contributed by atoms with E-state index in [4.69, 9.17) is 32.5 Å². The number of amides is 2. The van der Waals surface area contributed by atoms with Gasteiger partial charge >= 0.3 is 12.7 Å². The summed E-state index contributed by atoms with van der Waals surface area (Å²) in [7, 11) is 1.37. The minimum absolute atomic E-state index is 0.00904. The molecule has 2 bridgehead atoms. The van der Waals surface area contributed by atoms with Gasteiger partial charge in [-0.25, -0.2) is 0 Å². The lowest BCUT2D eigenvalue weighted by Gasteiger charge is -2.55. The number of rotatable bonds is 9. The van der Waals surface area contributed by atoms with E-state index in [1.807, 2.05) is 13.8 Å². The van der Waals surface area contributed by atoms with E-state index in [9.17, 15) is 24.0 Å². The van der Waals surface area contributed by atoms with E-state index < -0.39 is 60.6 Å². The number of hydrogen-bond acceptors (Lipinski definition) is 7. The predicted molar refractivity (Wildman–Crippen MR) is 128 cm³/mol. The molecule has 1 aromatic carbocycles. The van der Waals surface area contributed by atoms with Gasteiger partial charge in [-0.05, 0) is 36.4 Å². The van der Waals surface area contributed by atoms with E-state index in [1.54, 1.807) is 0 Å². The lowest BCUT2D eigenvalue weighted by atomic mass is 9.55. The molecule has 35 heavy (non-hydrogen) atoms. The highest BCUT2D eigenvalue weighted by atomic mass is 35.5. The molecular weight excluding hydrogens is 502 g/mol. The van der Waals surface area contributed by atoms with Crippen LogP contribution in [-0.4, -0.2) is 60.1 Å². The van der Waals surface area contributed by atoms with Crippen molar-refractivity contribution in [1.29, 1.82) is 0 Å². The van der Waals surface area contributed by atoms with E-state index in [0.29, 0.717) is 11.4 Å². The number of carbonyl (C=O) groups excluding carboxylic acids is 4. The molecular formula is C22H27BCl2N2O8. The van der Waals surface area contributed by atoms with Gasteiger partial charge in [0.05, 0.1) is 23.6 Å². The van der Waals surface area contributed by atoms with Crippen molar-refractivity contribution in [1.82, 2.24) is 10.6 Å². The Morgan fingerprint density at radius 2 is 1.91 bits per heavy atom. The fourth-order valence-electron chi connectivity index (χ4n) is 4.56. The van der Waals surface area contributed by atoms with E-state index in [-0.39, 0.29) is 29.5 Å². The first-order chi connectivity index (χ1) is 16.4. The van der Waals surface area contributed by atoms with Gasteiger partial charge in [0.2, 0.25) is 5.91 Å². The molecule has 2 aliphatic heterocycles. The third kappa shape index (κ3) is 5.96. The summed E-state index contributed by atoms with van der Waals surface area (Å²) in [4.78, 5) is 63.1. The van der Waals surface area contributed by atoms with Crippen LogP contribution < -0.4 is 10.6 Å². The van der Waals surface area contributed by atoms with Gasteiger partial charge in [-0.3, -0.25) is 19.2 Å². The van der Waals surface area contributed by atoms with Crippen LogP contribution in [0.15, 0.2) is 18.2 Å². The molecule has 0 aromatic heterocycles. The number of halogens is 2. The van der Waals surface area contributed by atoms with Crippen molar-refractivity contribution in [2.75, 3.05) is 13.6 Å². The van der Waals surface area contributed by atoms with Crippen LogP contribution in [0.25, 0.3) is 0 Å². The Balaban J connectivity index is 1.80. The maximum Gasteiger partial charge on any atom is 0.576 e. The second-order valence-corrected chi connectivity index (χ2v) is 10.1. The molecule has 3 rings (SSSR count). The molecule has 13 heteroatoms. The lowest BCUT2D eigenvalue weighted by molar-refractivity contribution is -0.201. The molecule has 190 valence electrons. The SMILES string of the molecule is CNC(=O)[C@@]12CC(=O)O[B-]([C@@H](CC(=O)CNC(=O)c3cc(Cl)ccc3Cl)CC(C)C)(O1)[OH+]C(=O)C2. The number of benzene rings is 1. The number of ketones is 1. The highest BCUT2D eigenvalue weighted by Crippen LogP contribution is 2.45. The van der Waals surface area contributed by atoms with Crippen molar-refractivity contribution in [3.63, 3.8) is 0 Å². The van der Waals surface area contributed by atoms with Crippen LogP contribution in [0.5, 0.6) is 0 Å². The number of carboxylic acids is 1. The summed E-state index contributed by atoms with van der Waals surface area (Å²) in [6.45, 7) is 0.444. The molecule has 3 atom stereocenters. The third-order valence-electron chi connectivity index (χ3n) is 6.01. The Morgan fingerprint density at radius 1 is 1.20 bits per heavy atom. The smallest absolute Gasteiger partial charge is 0.576 e. The molecule has 2 amide bonds. The zero-order valence-electron chi connectivity index (χ0n) is 19.6. The molecule has 2 saturated heterocycles. The van der Waals surface area contributed by atoms with Gasteiger partial charge in [-0.1, -0.05) is 43.5 Å². The molecule has 1 unspecified atom stereocenters. The summed E-state index contributed by atoms with van der Waals surface area (Å²) in [6, 6.07) is 4.38. The van der Waals surface area contributed by atoms with Gasteiger partial charge in [0, 0.05) is 16.9 Å². The van der Waals surface area contributed by atoms with Crippen molar-refractivity contribution >= 4 is 59.5 Å². The largest absolute Gasteiger partial charge is 0.718 e. The summed E-state index contributed by atoms with van der Waals surface area (Å²) in [5.41, 5.74) is -1.63. The minimum Gasteiger partial charge on any atom is -0.718 e. The predicted octanol–water partition coefficient (Wildman–Crippen LogP) is 1.94. The highest BCUT2D eigenvalue weighted by molar-refractivity contribution is 6.66. The number of Topliss-reactive ketones (excluding diaryl/α,β-unsaturated/α-hetero) is 1. The van der Waals surface area contributed by atoms with E-state index in [2.05, 4.69) is 15.3 Å². The zero-order chi connectivity index (χ0) is 26.0. The van der Waals surface area contributed by atoms with Crippen LogP contribution in [0, 0.1) is 5.92 Å². The monoisotopic (exact) mass is 528 g/mol. The van der Waals surface area contributed by atoms with Gasteiger partial charge < -0.3 is 24.6 Å². The van der Waals surface area contributed by atoms with Crippen LogP contribution in [-0.2, 0) is 28.5 Å². The first-order valence-corrected chi connectivity index (χ1v) is 11.9. The molecule has 2 fully saturated rings. The number of likely N-dealkylation sites (N-methyl/N-ethyl adjacent to an activating group) is 1. The first kappa shape index (κ1) is 27.0. The fourth-order valence-corrected chi connectivity index (χ4v) is 4.93. The van der Waals surface area contributed by atoms with Gasteiger partial charge in [0.15, 0.2) is 0 Å². The molecule has 0 saturated carbocycles. The molecule has 0 radical (unpaired) electrons. The van der Waals surface area contributed by atoms with E-state index in [1.165, 1.54) is 25.2 Å². The van der Waals surface area contributed by atoms with Gasteiger partial charge in [-0.2, -0.15) is 0 Å². The minimum atomic E-state index is -2.97. The van der Waals surface area contributed by atoms with Crippen molar-refractivity contribution < 1.29 is 37.9 Å². The van der Waals surface area contributed by atoms with Crippen molar-refractivity contribution in [3.8, 4) is 0 Å². The van der Waals surface area contributed by atoms with Gasteiger partial charge in [-0.15, -0.1) is 0 Å². The number of carbonyl (C=O) groups is 5. The Kier molecular flexibility index (Phi) is 8.13. The van der Waals surface area contributed by atoms with Gasteiger partial charge in [0.1, 0.15) is 17.8 Å². The third-order valence-corrected chi connectivity index (χ3v) is 6.57. The molecule has 2 heterocycles. The Morgan fingerprint density at radius 3 is 2.57 bits per heavy atom. The van der Waals surface area contributed by atoms with Crippen molar-refractivity contribution in [2.24, 2.45) is 5.92 Å². The van der Waals surface area contributed by atoms with Crippen LogP contribution in [0.2, 0.25) is 15.9 Å². The lowest BCUT2D eigenvalue weighted by Crippen LogP contribution is -2.72. The molecule has 3 N–H and O–H groups in total. The average molecular weight is 529 g/mol. The molecule has 10 nitrogen and oxygen atoms in total. The molecule has 2 aliphatic rings. The quantitative estimate of drug-likeness (QED) is 0.368. The van der Waals surface area contributed by atoms with Crippen LogP contribution in [0.4, 0.5) is 0 Å². The second-order valence-electron chi connectivity index (χ2n) is 9.23. The first-order valence-electron chi connectivity index (χ1n) is 11.2. The van der Waals surface area contributed by atoms with Crippen LogP contribution >= 0.6 is 23.2 Å². The second kappa shape index (κ2) is 10.6. The topological polar surface area (TPSA) is 141 Å². The standard InChI is InChI=1S/C22H27BCl2N2O8/c1-12(2)6-13(7-15(28)11-27-20(31)16-8-14(24)4-5-17(16)25)23-33-18(29)9-22(35-23,21(32)26-3)10-19(30)34-23/h4-5,8,12-13,33H,6-7,9-11H2,1-3H3,(H,26,32)(H,27,31)/t13-,22-,23?/m1/s1. The zero-order valence-corrected chi connectivity index (χ0v) is 21.1. The van der Waals surface area contributed by atoms with Crippen LogP contribution in [0.3, 0.4) is 0 Å². The number of aliphatic carboxylic acids is 1. The maximum absolute atomic E-state index is 12.9. The Bertz CT molecular complexity index is 1040. The number of fused-ring (bicyclic) bond motifs is 2. The highest BCUT2D eigenvalue weighted by Gasteiger charge is 2.64. The molecule has 0 spiro atoms. The van der Waals surface area contributed by atoms with E-state index in [0.717, 1.165) is 0 Å². The number of hydrogen-bond donors (Lipinski definition) is 2. The summed E-state index contributed by atoms with van der Waals surface area (Å²) in [5.74, 6) is -3.82. The number of nitrogens with one attached hydrogen (secondary N) is 2. The summed E-state index contributed by atoms with van der Waals surface area (Å²) >= 11 is 12.0. The van der Waals surface area contributed by atoms with Crippen LogP contribution in [0.1, 0.15) is 49.9 Å². The van der Waals surface area contributed by atoms with E-state index >= 15 is 0 Å². The summed E-state index contributed by atoms with van der Waals surface area (Å²) in [6.07, 6.45) is -0.733. The maximum atomic E-state index is 12.9. The molecule has 0 aliphatic carbocycles. The van der Waals surface area contributed by atoms with Crippen molar-refractivity contribution in [3.05, 3.63) is 33.8 Å². The Labute approximate surface area is 212 Å². The van der Waals surface area contributed by atoms with Gasteiger partial charge in [0.25, 0.3) is 11.9 Å². The summed E-state index contributed by atoms with van der Waals surface area (Å²) < 4.78 is 15.5. The Hall–Kier alpha value is -2.63. The summed E-state index contributed by atoms with van der Waals surface area (Å²) in [5, 5.41) is 5.41. The average Bonchev–Trinajstić information content (AvgIpc) is 2.76. The molecule has 1 aromatic rings. The normalized spacial score (nSPS) is 24.3.